The number of carbonyl (C=O) groups is 1. The predicted molar refractivity (Wildman–Crippen MR) is 136 cm³/mol. The lowest BCUT2D eigenvalue weighted by Gasteiger charge is -2.23. The van der Waals surface area contributed by atoms with Crippen molar-refractivity contribution in [1.82, 2.24) is 19.7 Å². The number of nitrogens with zero attached hydrogens (tertiary/aromatic N) is 5. The van der Waals surface area contributed by atoms with Crippen LogP contribution < -0.4 is 4.90 Å². The number of aldehydes is 1. The molecule has 3 aromatic rings. The highest BCUT2D eigenvalue weighted by molar-refractivity contribution is 6.39. The maximum Gasteiger partial charge on any atom is 0.165 e. The van der Waals surface area contributed by atoms with Crippen LogP contribution in [0.15, 0.2) is 59.4 Å². The summed E-state index contributed by atoms with van der Waals surface area (Å²) in [6.07, 6.45) is 6.54. The normalized spacial score (nSPS) is 12.9. The number of carbonyl (C=O) groups excluding carboxylic acids is 1. The summed E-state index contributed by atoms with van der Waals surface area (Å²) < 4.78 is 20.6. The minimum atomic E-state index is -1.08. The molecule has 0 aliphatic heterocycles. The molecule has 3 rings (SSSR count). The van der Waals surface area contributed by atoms with Crippen molar-refractivity contribution < 1.29 is 19.0 Å². The third kappa shape index (κ3) is 6.48. The van der Waals surface area contributed by atoms with Crippen LogP contribution in [0.5, 0.6) is 0 Å². The Hall–Kier alpha value is -3.27. The maximum absolute atomic E-state index is 13.3. The van der Waals surface area contributed by atoms with E-state index in [1.807, 2.05) is 31.9 Å². The fourth-order valence-corrected chi connectivity index (χ4v) is 3.49. The molecule has 11 heteroatoms. The van der Waals surface area contributed by atoms with Crippen molar-refractivity contribution in [3.63, 3.8) is 0 Å². The molecule has 1 N–H and O–H groups in total. The van der Waals surface area contributed by atoms with E-state index in [9.17, 15) is 14.3 Å². The van der Waals surface area contributed by atoms with Crippen LogP contribution in [0.1, 0.15) is 37.7 Å². The molecule has 0 saturated heterocycles. The summed E-state index contributed by atoms with van der Waals surface area (Å²) in [6, 6.07) is 4.70. The van der Waals surface area contributed by atoms with Crippen molar-refractivity contribution in [1.29, 1.82) is 0 Å². The Balaban J connectivity index is 1.88. The Morgan fingerprint density at radius 3 is 2.64 bits per heavy atom. The predicted octanol–water partition coefficient (Wildman–Crippen LogP) is 5.20. The number of ether oxygens (including phenoxy) is 1. The third-order valence-electron chi connectivity index (χ3n) is 5.33. The summed E-state index contributed by atoms with van der Waals surface area (Å²) in [4.78, 5) is 21.6. The molecule has 0 unspecified atom stereocenters. The lowest BCUT2D eigenvalue weighted by atomic mass is 10.1. The van der Waals surface area contributed by atoms with E-state index in [4.69, 9.17) is 27.9 Å². The molecule has 0 fully saturated rings. The number of aromatic nitrogens is 4. The van der Waals surface area contributed by atoms with Gasteiger partial charge in [0.25, 0.3) is 0 Å². The molecule has 36 heavy (non-hydrogen) atoms. The molecule has 0 bridgehead atoms. The zero-order valence-corrected chi connectivity index (χ0v) is 22.0. The van der Waals surface area contributed by atoms with Crippen LogP contribution in [-0.4, -0.2) is 38.2 Å². The summed E-state index contributed by atoms with van der Waals surface area (Å²) in [5.41, 5.74) is 2.13. The molecule has 3 aromatic heterocycles. The van der Waals surface area contributed by atoms with Crippen LogP contribution >= 0.6 is 23.2 Å². The largest absolute Gasteiger partial charge is 0.485 e. The van der Waals surface area contributed by atoms with Crippen molar-refractivity contribution >= 4 is 35.2 Å². The number of aliphatic hydroxyl groups is 1. The van der Waals surface area contributed by atoms with Gasteiger partial charge in [-0.2, -0.15) is 5.10 Å². The van der Waals surface area contributed by atoms with Crippen LogP contribution in [0.2, 0.25) is 5.02 Å². The fourth-order valence-electron chi connectivity index (χ4n) is 3.18. The van der Waals surface area contributed by atoms with E-state index < -0.39 is 11.4 Å². The first kappa shape index (κ1) is 27.3. The van der Waals surface area contributed by atoms with Crippen molar-refractivity contribution in [3.05, 3.63) is 87.1 Å². The molecular weight excluding hydrogens is 508 g/mol. The van der Waals surface area contributed by atoms with Gasteiger partial charge in [0.2, 0.25) is 0 Å². The van der Waals surface area contributed by atoms with Gasteiger partial charge in [0.05, 0.1) is 22.6 Å². The number of anilines is 1. The molecule has 0 atom stereocenters. The lowest BCUT2D eigenvalue weighted by Crippen LogP contribution is -2.18. The summed E-state index contributed by atoms with van der Waals surface area (Å²) in [5.74, 6) is 0.0917. The molecule has 0 aromatic carbocycles. The van der Waals surface area contributed by atoms with Crippen LogP contribution in [0, 0.1) is 12.7 Å². The average Bonchev–Trinajstić information content (AvgIpc) is 3.33. The summed E-state index contributed by atoms with van der Waals surface area (Å²) in [5, 5.41) is 14.6. The Labute approximate surface area is 218 Å². The zero-order valence-electron chi connectivity index (χ0n) is 20.5. The van der Waals surface area contributed by atoms with Gasteiger partial charge in [0, 0.05) is 43.0 Å². The number of hydrogen-bond acceptors (Lipinski definition) is 7. The highest BCUT2D eigenvalue weighted by Gasteiger charge is 2.20. The van der Waals surface area contributed by atoms with E-state index in [0.29, 0.717) is 29.2 Å². The van der Waals surface area contributed by atoms with Gasteiger partial charge < -0.3 is 14.7 Å². The van der Waals surface area contributed by atoms with Crippen LogP contribution in [0.4, 0.5) is 10.1 Å². The Morgan fingerprint density at radius 2 is 2.03 bits per heavy atom. The van der Waals surface area contributed by atoms with Gasteiger partial charge in [-0.1, -0.05) is 23.2 Å². The molecule has 0 aliphatic rings. The second kappa shape index (κ2) is 11.2. The van der Waals surface area contributed by atoms with Gasteiger partial charge in [-0.25, -0.2) is 14.1 Å². The molecule has 0 amide bonds. The molecule has 0 saturated carbocycles. The van der Waals surface area contributed by atoms with Crippen molar-refractivity contribution in [2.24, 2.45) is 0 Å². The van der Waals surface area contributed by atoms with Gasteiger partial charge in [0.15, 0.2) is 12.1 Å². The highest BCUT2D eigenvalue weighted by Crippen LogP contribution is 2.26. The zero-order chi connectivity index (χ0) is 26.6. The van der Waals surface area contributed by atoms with Crippen molar-refractivity contribution in [2.45, 2.75) is 39.9 Å². The van der Waals surface area contributed by atoms with Crippen LogP contribution in [0.3, 0.4) is 0 Å². The second-order valence-corrected chi connectivity index (χ2v) is 9.39. The van der Waals surface area contributed by atoms with E-state index in [0.717, 1.165) is 23.5 Å². The first-order valence-electron chi connectivity index (χ1n) is 10.9. The van der Waals surface area contributed by atoms with Crippen molar-refractivity contribution in [2.75, 3.05) is 11.9 Å². The molecule has 0 aliphatic carbocycles. The van der Waals surface area contributed by atoms with Gasteiger partial charge in [-0.05, 0) is 45.4 Å². The van der Waals surface area contributed by atoms with Gasteiger partial charge in [-0.3, -0.25) is 9.78 Å². The fraction of sp³-hybridized carbons (Fsp3) is 0.280. The number of rotatable bonds is 9. The summed E-state index contributed by atoms with van der Waals surface area (Å²) >= 11 is 12.1. The standard InChI is InChI=1S/C25H26Cl2FN5O3/c1-15-11-30-24(33-7-6-23(31-33)25(3,4)35)10-21(15)32(5)16(2)8-22(19(27)13-34)36-14-20-18(26)9-17(28)12-29-20/h6-13,35H,14H2,1-5H3/b16-8-,22-19-. The highest BCUT2D eigenvalue weighted by atomic mass is 35.5. The molecular formula is C25H26Cl2FN5O3. The number of pyridine rings is 2. The Morgan fingerprint density at radius 1 is 1.31 bits per heavy atom. The van der Waals surface area contributed by atoms with Crippen LogP contribution in [-0.2, 0) is 21.7 Å². The van der Waals surface area contributed by atoms with Crippen LogP contribution in [0.25, 0.3) is 5.82 Å². The summed E-state index contributed by atoms with van der Waals surface area (Å²) in [6.45, 7) is 6.93. The Kier molecular flexibility index (Phi) is 8.50. The van der Waals surface area contributed by atoms with E-state index in [1.54, 1.807) is 43.1 Å². The minimum absolute atomic E-state index is 0.0979. The van der Waals surface area contributed by atoms with Gasteiger partial charge in [-0.15, -0.1) is 0 Å². The van der Waals surface area contributed by atoms with Gasteiger partial charge >= 0.3 is 0 Å². The number of hydrogen-bond donors (Lipinski definition) is 1. The molecule has 8 nitrogen and oxygen atoms in total. The van der Waals surface area contributed by atoms with E-state index in [2.05, 4.69) is 15.1 Å². The molecule has 0 radical (unpaired) electrons. The van der Waals surface area contributed by atoms with Gasteiger partial charge in [0.1, 0.15) is 28.8 Å². The number of aryl methyl sites for hydroxylation is 1. The SMILES string of the molecule is C/C(=C/C(OCc1ncc(F)cc1Cl)=C(/Cl)C=O)N(C)c1cc(-n2ccc(C(C)(C)O)n2)ncc1C. The lowest BCUT2D eigenvalue weighted by molar-refractivity contribution is -0.104. The third-order valence-corrected chi connectivity index (χ3v) is 5.93. The van der Waals surface area contributed by atoms with E-state index >= 15 is 0 Å². The smallest absolute Gasteiger partial charge is 0.165 e. The van der Waals surface area contributed by atoms with Crippen molar-refractivity contribution in [3.8, 4) is 5.82 Å². The Bertz CT molecular complexity index is 1330. The molecule has 3 heterocycles. The average molecular weight is 534 g/mol. The monoisotopic (exact) mass is 533 g/mol. The number of allylic oxidation sites excluding steroid dienone is 3. The first-order valence-corrected chi connectivity index (χ1v) is 11.6. The van der Waals surface area contributed by atoms with E-state index in [1.165, 1.54) is 0 Å². The first-order chi connectivity index (χ1) is 16.9. The number of halogens is 3. The second-order valence-electron chi connectivity index (χ2n) is 8.58. The molecule has 0 spiro atoms. The molecule has 190 valence electrons. The van der Waals surface area contributed by atoms with E-state index in [-0.39, 0.29) is 22.4 Å². The topological polar surface area (TPSA) is 93.4 Å². The minimum Gasteiger partial charge on any atom is -0.485 e. The quantitative estimate of drug-likeness (QED) is 0.175. The maximum atomic E-state index is 13.3. The summed E-state index contributed by atoms with van der Waals surface area (Å²) in [7, 11) is 1.84.